The van der Waals surface area contributed by atoms with Crippen molar-refractivity contribution >= 4 is 11.4 Å². The van der Waals surface area contributed by atoms with Crippen molar-refractivity contribution < 1.29 is 4.92 Å². The number of non-ortho nitro benzene ring substituents is 1. The predicted octanol–water partition coefficient (Wildman–Crippen LogP) is 2.30. The first-order valence-corrected chi connectivity index (χ1v) is 6.87. The Kier molecular flexibility index (Phi) is 3.71. The van der Waals surface area contributed by atoms with Crippen LogP contribution in [0.3, 0.4) is 0 Å². The summed E-state index contributed by atoms with van der Waals surface area (Å²) in [6.45, 7) is 0. The average molecular weight is 310 g/mol. The van der Waals surface area contributed by atoms with Crippen molar-refractivity contribution in [2.24, 2.45) is 0 Å². The van der Waals surface area contributed by atoms with Gasteiger partial charge in [0.15, 0.2) is 5.82 Å². The van der Waals surface area contributed by atoms with E-state index in [2.05, 4.69) is 15.5 Å². The van der Waals surface area contributed by atoms with Crippen LogP contribution in [0, 0.1) is 10.1 Å². The lowest BCUT2D eigenvalue weighted by molar-refractivity contribution is -0.384. The van der Waals surface area contributed by atoms with Crippen LogP contribution in [0.15, 0.2) is 48.5 Å². The fourth-order valence-corrected chi connectivity index (χ4v) is 2.17. The van der Waals surface area contributed by atoms with E-state index in [0.29, 0.717) is 11.4 Å². The zero-order chi connectivity index (χ0) is 16.4. The van der Waals surface area contributed by atoms with Gasteiger partial charge in [-0.1, -0.05) is 0 Å². The number of nitrogens with zero attached hydrogens (tertiary/aromatic N) is 6. The van der Waals surface area contributed by atoms with E-state index in [9.17, 15) is 10.1 Å². The highest BCUT2D eigenvalue weighted by molar-refractivity contribution is 5.60. The van der Waals surface area contributed by atoms with Crippen LogP contribution >= 0.6 is 0 Å². The monoisotopic (exact) mass is 310 g/mol. The lowest BCUT2D eigenvalue weighted by Crippen LogP contribution is -2.08. The van der Waals surface area contributed by atoms with Gasteiger partial charge in [-0.2, -0.15) is 4.68 Å². The van der Waals surface area contributed by atoms with Gasteiger partial charge in [-0.05, 0) is 46.8 Å². The third-order valence-corrected chi connectivity index (χ3v) is 3.42. The molecule has 1 aromatic heterocycles. The van der Waals surface area contributed by atoms with E-state index in [1.807, 2.05) is 43.3 Å². The molecule has 2 aromatic carbocycles. The molecule has 23 heavy (non-hydrogen) atoms. The molecule has 0 amide bonds. The minimum atomic E-state index is -0.438. The summed E-state index contributed by atoms with van der Waals surface area (Å²) in [6, 6.07) is 13.9. The van der Waals surface area contributed by atoms with Gasteiger partial charge in [0.05, 0.1) is 10.6 Å². The van der Waals surface area contributed by atoms with Gasteiger partial charge in [0.25, 0.3) is 5.69 Å². The van der Waals surface area contributed by atoms with Crippen molar-refractivity contribution in [3.05, 3.63) is 58.6 Å². The molecule has 0 aliphatic heterocycles. The van der Waals surface area contributed by atoms with E-state index in [1.54, 1.807) is 16.8 Å². The zero-order valence-corrected chi connectivity index (χ0v) is 12.6. The Hall–Kier alpha value is -3.29. The Morgan fingerprint density at radius 3 is 2.26 bits per heavy atom. The topological polar surface area (TPSA) is 90.0 Å². The van der Waals surface area contributed by atoms with Crippen LogP contribution in [0.1, 0.15) is 0 Å². The highest BCUT2D eigenvalue weighted by atomic mass is 16.6. The Balaban J connectivity index is 1.97. The van der Waals surface area contributed by atoms with Gasteiger partial charge in [-0.15, -0.1) is 5.10 Å². The van der Waals surface area contributed by atoms with E-state index in [0.717, 1.165) is 11.4 Å². The number of rotatable bonds is 4. The quantitative estimate of drug-likeness (QED) is 0.542. The van der Waals surface area contributed by atoms with Gasteiger partial charge in [0, 0.05) is 37.5 Å². The molecule has 0 unspecified atom stereocenters. The Morgan fingerprint density at radius 1 is 1.04 bits per heavy atom. The first kappa shape index (κ1) is 14.6. The van der Waals surface area contributed by atoms with Crippen LogP contribution in [-0.4, -0.2) is 39.2 Å². The van der Waals surface area contributed by atoms with Gasteiger partial charge < -0.3 is 4.90 Å². The molecule has 0 bridgehead atoms. The number of anilines is 1. The van der Waals surface area contributed by atoms with Gasteiger partial charge in [0.1, 0.15) is 0 Å². The van der Waals surface area contributed by atoms with Crippen LogP contribution in [0.4, 0.5) is 11.4 Å². The van der Waals surface area contributed by atoms with Gasteiger partial charge in [-0.25, -0.2) is 0 Å². The molecule has 0 radical (unpaired) electrons. The lowest BCUT2D eigenvalue weighted by atomic mass is 10.2. The first-order chi connectivity index (χ1) is 11.1. The summed E-state index contributed by atoms with van der Waals surface area (Å²) < 4.78 is 1.60. The minimum absolute atomic E-state index is 0.0307. The van der Waals surface area contributed by atoms with E-state index in [1.165, 1.54) is 12.1 Å². The van der Waals surface area contributed by atoms with Crippen molar-refractivity contribution in [2.75, 3.05) is 19.0 Å². The Bertz CT molecular complexity index is 824. The fourth-order valence-electron chi connectivity index (χ4n) is 2.17. The molecule has 1 heterocycles. The SMILES string of the molecule is CN(C)c1ccc(-n2nnnc2-c2ccc([N+](=O)[O-])cc2)cc1. The molecular weight excluding hydrogens is 296 g/mol. The van der Waals surface area contributed by atoms with Gasteiger partial charge >= 0.3 is 0 Å². The third-order valence-electron chi connectivity index (χ3n) is 3.42. The highest BCUT2D eigenvalue weighted by Gasteiger charge is 2.12. The summed E-state index contributed by atoms with van der Waals surface area (Å²) >= 11 is 0. The summed E-state index contributed by atoms with van der Waals surface area (Å²) in [7, 11) is 3.93. The smallest absolute Gasteiger partial charge is 0.269 e. The number of nitro benzene ring substituents is 1. The second-order valence-electron chi connectivity index (χ2n) is 5.13. The molecule has 0 fully saturated rings. The second kappa shape index (κ2) is 5.84. The van der Waals surface area contributed by atoms with Crippen molar-refractivity contribution in [3.63, 3.8) is 0 Å². The lowest BCUT2D eigenvalue weighted by Gasteiger charge is -2.12. The molecule has 116 valence electrons. The van der Waals surface area contributed by atoms with Crippen molar-refractivity contribution in [3.8, 4) is 17.1 Å². The van der Waals surface area contributed by atoms with Crippen LogP contribution in [-0.2, 0) is 0 Å². The molecule has 3 aromatic rings. The fraction of sp³-hybridized carbons (Fsp3) is 0.133. The number of aromatic nitrogens is 4. The molecule has 0 saturated carbocycles. The maximum atomic E-state index is 10.7. The molecule has 0 saturated heterocycles. The molecular formula is C15H14N6O2. The molecule has 0 aliphatic rings. The Morgan fingerprint density at radius 2 is 1.70 bits per heavy atom. The molecule has 0 aliphatic carbocycles. The van der Waals surface area contributed by atoms with Gasteiger partial charge in [0.2, 0.25) is 0 Å². The maximum Gasteiger partial charge on any atom is 0.269 e. The van der Waals surface area contributed by atoms with E-state index >= 15 is 0 Å². The number of hydrogen-bond acceptors (Lipinski definition) is 6. The van der Waals surface area contributed by atoms with Crippen molar-refractivity contribution in [1.29, 1.82) is 0 Å². The van der Waals surface area contributed by atoms with E-state index < -0.39 is 4.92 Å². The number of nitro groups is 1. The minimum Gasteiger partial charge on any atom is -0.378 e. The van der Waals surface area contributed by atoms with Crippen LogP contribution in [0.2, 0.25) is 0 Å². The third kappa shape index (κ3) is 2.86. The standard InChI is InChI=1S/C15H14N6O2/c1-19(2)12-7-9-13(10-8-12)20-15(16-17-18-20)11-3-5-14(6-4-11)21(22)23/h3-10H,1-2H3. The molecule has 8 heteroatoms. The normalized spacial score (nSPS) is 10.5. The number of hydrogen-bond donors (Lipinski definition) is 0. The predicted molar refractivity (Wildman–Crippen MR) is 85.6 cm³/mol. The molecule has 0 N–H and O–H groups in total. The number of tetrazole rings is 1. The molecule has 0 spiro atoms. The number of benzene rings is 2. The summed E-state index contributed by atoms with van der Waals surface area (Å²) in [5.41, 5.74) is 2.62. The van der Waals surface area contributed by atoms with Crippen LogP contribution in [0.25, 0.3) is 17.1 Å². The summed E-state index contributed by atoms with van der Waals surface area (Å²) in [6.07, 6.45) is 0. The van der Waals surface area contributed by atoms with E-state index in [-0.39, 0.29) is 5.69 Å². The maximum absolute atomic E-state index is 10.7. The summed E-state index contributed by atoms with van der Waals surface area (Å²) in [5, 5.41) is 22.5. The molecule has 8 nitrogen and oxygen atoms in total. The van der Waals surface area contributed by atoms with Gasteiger partial charge in [-0.3, -0.25) is 10.1 Å². The Labute approximate surface area is 132 Å². The van der Waals surface area contributed by atoms with Crippen LogP contribution < -0.4 is 4.90 Å². The highest BCUT2D eigenvalue weighted by Crippen LogP contribution is 2.23. The molecule has 0 atom stereocenters. The molecule has 3 rings (SSSR count). The largest absolute Gasteiger partial charge is 0.378 e. The van der Waals surface area contributed by atoms with E-state index in [4.69, 9.17) is 0 Å². The average Bonchev–Trinajstić information content (AvgIpc) is 3.04. The summed E-state index contributed by atoms with van der Waals surface area (Å²) in [4.78, 5) is 12.3. The second-order valence-corrected chi connectivity index (χ2v) is 5.13. The van der Waals surface area contributed by atoms with Crippen LogP contribution in [0.5, 0.6) is 0 Å². The zero-order valence-electron chi connectivity index (χ0n) is 12.6. The van der Waals surface area contributed by atoms with Crippen molar-refractivity contribution in [1.82, 2.24) is 20.2 Å². The van der Waals surface area contributed by atoms with Crippen molar-refractivity contribution in [2.45, 2.75) is 0 Å². The summed E-state index contributed by atoms with van der Waals surface area (Å²) in [5.74, 6) is 0.525. The first-order valence-electron chi connectivity index (χ1n) is 6.87.